The lowest BCUT2D eigenvalue weighted by molar-refractivity contribution is -0.150. The Hall–Kier alpha value is -1.91. The zero-order valence-electron chi connectivity index (χ0n) is 13.2. The van der Waals surface area contributed by atoms with Crippen molar-refractivity contribution in [2.45, 2.75) is 46.3 Å². The van der Waals surface area contributed by atoms with Crippen LogP contribution in [0.15, 0.2) is 22.8 Å². The van der Waals surface area contributed by atoms with Gasteiger partial charge in [0.2, 0.25) is 0 Å². The highest BCUT2D eigenvalue weighted by Crippen LogP contribution is 2.48. The van der Waals surface area contributed by atoms with Crippen molar-refractivity contribution in [3.63, 3.8) is 0 Å². The highest BCUT2D eigenvalue weighted by Gasteiger charge is 2.55. The second-order valence-corrected chi connectivity index (χ2v) is 6.54. The van der Waals surface area contributed by atoms with Crippen molar-refractivity contribution >= 4 is 17.7 Å². The fourth-order valence-corrected chi connectivity index (χ4v) is 4.12. The second kappa shape index (κ2) is 5.07. The SMILES string of the molecule is CC(=O)O[C@@H]1CC(C)=C2C(=O)C=C(C)[C@H]2[C@@H]2OC(=O)[C@H](C)[C@@H]21. The molecule has 3 rings (SSSR count). The van der Waals surface area contributed by atoms with E-state index in [4.69, 9.17) is 9.47 Å². The number of fused-ring (bicyclic) bond motifs is 3. The molecule has 0 spiro atoms. The molecule has 0 aromatic rings. The summed E-state index contributed by atoms with van der Waals surface area (Å²) in [4.78, 5) is 35.8. The number of allylic oxidation sites excluding steroid dienone is 1. The molecule has 1 aliphatic heterocycles. The molecule has 1 saturated heterocycles. The molecule has 5 heteroatoms. The van der Waals surface area contributed by atoms with Gasteiger partial charge in [0.1, 0.15) is 12.2 Å². The molecule has 118 valence electrons. The van der Waals surface area contributed by atoms with Crippen LogP contribution in [-0.4, -0.2) is 29.9 Å². The van der Waals surface area contributed by atoms with Crippen LogP contribution in [0.3, 0.4) is 0 Å². The third kappa shape index (κ3) is 2.11. The van der Waals surface area contributed by atoms with Crippen LogP contribution in [0.25, 0.3) is 0 Å². The molecule has 1 fully saturated rings. The third-order valence-corrected chi connectivity index (χ3v) is 5.05. The van der Waals surface area contributed by atoms with E-state index in [1.165, 1.54) is 6.92 Å². The van der Waals surface area contributed by atoms with Gasteiger partial charge in [-0.15, -0.1) is 0 Å². The number of ketones is 1. The molecule has 5 atom stereocenters. The molecule has 1 heterocycles. The summed E-state index contributed by atoms with van der Waals surface area (Å²) in [5.74, 6) is -1.44. The van der Waals surface area contributed by atoms with Crippen LogP contribution in [0.1, 0.15) is 34.1 Å². The van der Waals surface area contributed by atoms with Gasteiger partial charge in [0.05, 0.1) is 5.92 Å². The van der Waals surface area contributed by atoms with Crippen molar-refractivity contribution in [1.82, 2.24) is 0 Å². The smallest absolute Gasteiger partial charge is 0.309 e. The van der Waals surface area contributed by atoms with Gasteiger partial charge in [0, 0.05) is 30.8 Å². The zero-order valence-corrected chi connectivity index (χ0v) is 13.2. The first-order chi connectivity index (χ1) is 10.3. The van der Waals surface area contributed by atoms with Gasteiger partial charge in [-0.3, -0.25) is 14.4 Å². The summed E-state index contributed by atoms with van der Waals surface area (Å²) in [7, 11) is 0. The summed E-state index contributed by atoms with van der Waals surface area (Å²) in [6, 6.07) is 0. The maximum Gasteiger partial charge on any atom is 0.309 e. The van der Waals surface area contributed by atoms with Gasteiger partial charge in [0.15, 0.2) is 5.78 Å². The average Bonchev–Trinajstić information content (AvgIpc) is 2.81. The van der Waals surface area contributed by atoms with Crippen LogP contribution < -0.4 is 0 Å². The highest BCUT2D eigenvalue weighted by atomic mass is 16.6. The summed E-state index contributed by atoms with van der Waals surface area (Å²) in [6.07, 6.45) is 1.24. The summed E-state index contributed by atoms with van der Waals surface area (Å²) in [5.41, 5.74) is 2.55. The summed E-state index contributed by atoms with van der Waals surface area (Å²) in [6.45, 7) is 6.96. The fourth-order valence-electron chi connectivity index (χ4n) is 4.12. The number of carbonyl (C=O) groups is 3. The maximum atomic E-state index is 12.3. The Labute approximate surface area is 129 Å². The molecule has 3 aliphatic rings. The molecule has 0 N–H and O–H groups in total. The molecule has 0 aromatic heterocycles. The van der Waals surface area contributed by atoms with Gasteiger partial charge in [-0.1, -0.05) is 18.1 Å². The van der Waals surface area contributed by atoms with Crippen molar-refractivity contribution < 1.29 is 23.9 Å². The Balaban J connectivity index is 2.08. The lowest BCUT2D eigenvalue weighted by atomic mass is 9.79. The lowest BCUT2D eigenvalue weighted by Gasteiger charge is -2.29. The van der Waals surface area contributed by atoms with E-state index in [2.05, 4.69) is 0 Å². The van der Waals surface area contributed by atoms with Crippen molar-refractivity contribution in [3.05, 3.63) is 22.8 Å². The molecule has 0 aromatic carbocycles. The van der Waals surface area contributed by atoms with Gasteiger partial charge < -0.3 is 9.47 Å². The van der Waals surface area contributed by atoms with E-state index >= 15 is 0 Å². The van der Waals surface area contributed by atoms with Crippen molar-refractivity contribution in [1.29, 1.82) is 0 Å². The third-order valence-electron chi connectivity index (χ3n) is 5.05. The largest absolute Gasteiger partial charge is 0.462 e. The molecular formula is C17H20O5. The van der Waals surface area contributed by atoms with E-state index in [-0.39, 0.29) is 35.5 Å². The predicted molar refractivity (Wildman–Crippen MR) is 77.7 cm³/mol. The fraction of sp³-hybridized carbons (Fsp3) is 0.588. The van der Waals surface area contributed by atoms with Crippen LogP contribution >= 0.6 is 0 Å². The normalized spacial score (nSPS) is 37.3. The van der Waals surface area contributed by atoms with Gasteiger partial charge in [-0.05, 0) is 19.9 Å². The Bertz CT molecular complexity index is 627. The Morgan fingerprint density at radius 2 is 2.00 bits per heavy atom. The molecule has 2 aliphatic carbocycles. The first kappa shape index (κ1) is 15.0. The van der Waals surface area contributed by atoms with Gasteiger partial charge in [0.25, 0.3) is 0 Å². The van der Waals surface area contributed by atoms with Crippen LogP contribution in [0.5, 0.6) is 0 Å². The van der Waals surface area contributed by atoms with Crippen molar-refractivity contribution in [2.75, 3.05) is 0 Å². The quantitative estimate of drug-likeness (QED) is 0.693. The van der Waals surface area contributed by atoms with E-state index in [0.717, 1.165) is 11.1 Å². The molecule has 0 bridgehead atoms. The minimum absolute atomic E-state index is 0.0159. The van der Waals surface area contributed by atoms with Crippen LogP contribution in [-0.2, 0) is 23.9 Å². The number of hydrogen-bond acceptors (Lipinski definition) is 5. The first-order valence-electron chi connectivity index (χ1n) is 7.61. The number of esters is 2. The van der Waals surface area contributed by atoms with Crippen LogP contribution in [0.2, 0.25) is 0 Å². The number of carbonyl (C=O) groups excluding carboxylic acids is 3. The number of hydrogen-bond donors (Lipinski definition) is 0. The Kier molecular flexibility index (Phi) is 3.46. The summed E-state index contributed by atoms with van der Waals surface area (Å²) >= 11 is 0. The highest BCUT2D eigenvalue weighted by molar-refractivity contribution is 6.09. The van der Waals surface area contributed by atoms with Gasteiger partial charge in [-0.2, -0.15) is 0 Å². The van der Waals surface area contributed by atoms with E-state index in [0.29, 0.717) is 12.0 Å². The van der Waals surface area contributed by atoms with Crippen molar-refractivity contribution in [2.24, 2.45) is 17.8 Å². The average molecular weight is 304 g/mol. The van der Waals surface area contributed by atoms with E-state index in [9.17, 15) is 14.4 Å². The van der Waals surface area contributed by atoms with Crippen molar-refractivity contribution in [3.8, 4) is 0 Å². The molecule has 0 unspecified atom stereocenters. The Morgan fingerprint density at radius 1 is 1.32 bits per heavy atom. The molecule has 0 radical (unpaired) electrons. The molecule has 5 nitrogen and oxygen atoms in total. The number of rotatable bonds is 1. The minimum atomic E-state index is -0.429. The van der Waals surface area contributed by atoms with Crippen LogP contribution in [0, 0.1) is 17.8 Å². The van der Waals surface area contributed by atoms with E-state index < -0.39 is 12.2 Å². The summed E-state index contributed by atoms with van der Waals surface area (Å²) in [5, 5.41) is 0. The molecule has 0 amide bonds. The second-order valence-electron chi connectivity index (χ2n) is 6.54. The zero-order chi connectivity index (χ0) is 16.2. The van der Waals surface area contributed by atoms with E-state index in [1.807, 2.05) is 13.8 Å². The minimum Gasteiger partial charge on any atom is -0.462 e. The number of ether oxygens (including phenoxy) is 2. The predicted octanol–water partition coefficient (Wildman–Crippen LogP) is 1.96. The van der Waals surface area contributed by atoms with Gasteiger partial charge in [-0.25, -0.2) is 0 Å². The van der Waals surface area contributed by atoms with Gasteiger partial charge >= 0.3 is 11.9 Å². The topological polar surface area (TPSA) is 69.7 Å². The van der Waals surface area contributed by atoms with E-state index in [1.54, 1.807) is 13.0 Å². The Morgan fingerprint density at radius 3 is 2.64 bits per heavy atom. The monoisotopic (exact) mass is 304 g/mol. The molecule has 22 heavy (non-hydrogen) atoms. The first-order valence-corrected chi connectivity index (χ1v) is 7.61. The standard InChI is InChI=1S/C17H20O5/c1-7-5-11(19)13-8(2)6-12(21-10(4)18)15-9(3)17(20)22-16(15)14(7)13/h5,9,12,14-16H,6H2,1-4H3/t9-,12-,14-,15-,16+/m1/s1. The lowest BCUT2D eigenvalue weighted by Crippen LogP contribution is -2.37. The summed E-state index contributed by atoms with van der Waals surface area (Å²) < 4.78 is 11.1. The maximum absolute atomic E-state index is 12.3. The molecular weight excluding hydrogens is 284 g/mol. The molecule has 0 saturated carbocycles. The van der Waals surface area contributed by atoms with Crippen LogP contribution in [0.4, 0.5) is 0 Å².